The molecule has 0 unspecified atom stereocenters. The Balaban J connectivity index is 1.56. The molecule has 0 aromatic heterocycles. The van der Waals surface area contributed by atoms with Crippen LogP contribution in [-0.2, 0) is 22.6 Å². The number of carbonyl (C=O) groups is 2. The molecular formula is C22H26N2O4. The number of amides is 1. The van der Waals surface area contributed by atoms with E-state index in [1.807, 2.05) is 72.5 Å². The summed E-state index contributed by atoms with van der Waals surface area (Å²) in [5.41, 5.74) is 1.93. The van der Waals surface area contributed by atoms with E-state index in [2.05, 4.69) is 0 Å². The summed E-state index contributed by atoms with van der Waals surface area (Å²) in [6, 6.07) is 18.5. The van der Waals surface area contributed by atoms with Crippen molar-refractivity contribution >= 4 is 12.1 Å². The minimum absolute atomic E-state index is 0.116. The van der Waals surface area contributed by atoms with Crippen LogP contribution in [0.2, 0.25) is 0 Å². The number of benzene rings is 2. The van der Waals surface area contributed by atoms with Crippen molar-refractivity contribution in [2.45, 2.75) is 32.0 Å². The normalized spacial score (nSPS) is 18.5. The van der Waals surface area contributed by atoms with E-state index in [9.17, 15) is 14.7 Å². The highest BCUT2D eigenvalue weighted by Crippen LogP contribution is 2.17. The lowest BCUT2D eigenvalue weighted by Crippen LogP contribution is -2.58. The van der Waals surface area contributed by atoms with Crippen LogP contribution in [0.1, 0.15) is 18.1 Å². The number of carboxylic acid groups (broad SMARTS) is 1. The first-order valence-electron chi connectivity index (χ1n) is 9.52. The number of carbonyl (C=O) groups excluding carboxylic acids is 1. The molecule has 0 aliphatic carbocycles. The fourth-order valence-corrected chi connectivity index (χ4v) is 3.55. The lowest BCUT2D eigenvalue weighted by atomic mass is 10.0. The molecule has 1 N–H and O–H groups in total. The molecule has 1 aliphatic heterocycles. The fraction of sp³-hybridized carbons (Fsp3) is 0.364. The van der Waals surface area contributed by atoms with Crippen molar-refractivity contribution in [3.05, 3.63) is 71.8 Å². The van der Waals surface area contributed by atoms with Gasteiger partial charge in [-0.2, -0.15) is 0 Å². The number of rotatable bonds is 6. The summed E-state index contributed by atoms with van der Waals surface area (Å²) in [5.74, 6) is -0.837. The zero-order valence-corrected chi connectivity index (χ0v) is 16.0. The van der Waals surface area contributed by atoms with Gasteiger partial charge in [-0.3, -0.25) is 9.69 Å². The Hall–Kier alpha value is -2.86. The Bertz CT molecular complexity index is 782. The van der Waals surface area contributed by atoms with E-state index in [4.69, 9.17) is 4.74 Å². The molecule has 1 saturated heterocycles. The molecule has 28 heavy (non-hydrogen) atoms. The third-order valence-electron chi connectivity index (χ3n) is 5.10. The molecule has 1 fully saturated rings. The van der Waals surface area contributed by atoms with E-state index in [0.717, 1.165) is 11.1 Å². The predicted molar refractivity (Wildman–Crippen MR) is 106 cm³/mol. The van der Waals surface area contributed by atoms with Crippen LogP contribution in [-0.4, -0.2) is 58.7 Å². The maximum absolute atomic E-state index is 12.5. The minimum atomic E-state index is -0.837. The van der Waals surface area contributed by atoms with Crippen molar-refractivity contribution in [1.29, 1.82) is 0 Å². The van der Waals surface area contributed by atoms with Gasteiger partial charge in [-0.05, 0) is 24.5 Å². The molecular weight excluding hydrogens is 356 g/mol. The molecule has 2 aromatic carbocycles. The van der Waals surface area contributed by atoms with Gasteiger partial charge in [0.05, 0.1) is 0 Å². The van der Waals surface area contributed by atoms with E-state index >= 15 is 0 Å². The third-order valence-corrected chi connectivity index (χ3v) is 5.10. The Morgan fingerprint density at radius 3 is 2.21 bits per heavy atom. The van der Waals surface area contributed by atoms with Crippen LogP contribution >= 0.6 is 0 Å². The highest BCUT2D eigenvalue weighted by Gasteiger charge is 2.34. The van der Waals surface area contributed by atoms with E-state index in [1.54, 1.807) is 4.90 Å². The first kappa shape index (κ1) is 19.9. The van der Waals surface area contributed by atoms with E-state index in [0.29, 0.717) is 26.1 Å². The van der Waals surface area contributed by atoms with Crippen molar-refractivity contribution in [3.8, 4) is 0 Å². The molecule has 1 aliphatic rings. The summed E-state index contributed by atoms with van der Waals surface area (Å²) in [5, 5.41) is 9.71. The molecule has 0 saturated carbocycles. The Morgan fingerprint density at radius 2 is 1.64 bits per heavy atom. The molecule has 0 spiro atoms. The Morgan fingerprint density at radius 1 is 1.04 bits per heavy atom. The van der Waals surface area contributed by atoms with Crippen molar-refractivity contribution in [2.75, 3.05) is 19.6 Å². The first-order valence-corrected chi connectivity index (χ1v) is 9.52. The van der Waals surface area contributed by atoms with Gasteiger partial charge in [-0.1, -0.05) is 60.7 Å². The minimum Gasteiger partial charge on any atom is -0.480 e. The second kappa shape index (κ2) is 9.37. The largest absolute Gasteiger partial charge is 0.480 e. The monoisotopic (exact) mass is 382 g/mol. The zero-order valence-electron chi connectivity index (χ0n) is 16.0. The molecule has 0 bridgehead atoms. The van der Waals surface area contributed by atoms with Crippen molar-refractivity contribution in [1.82, 2.24) is 9.80 Å². The van der Waals surface area contributed by atoms with E-state index < -0.39 is 12.0 Å². The SMILES string of the molecule is C[C@H]1CN([C@@H](Cc2ccccc2)C(=O)O)CCN1C(=O)OCc1ccccc1. The van der Waals surface area contributed by atoms with Crippen LogP contribution in [0, 0.1) is 0 Å². The summed E-state index contributed by atoms with van der Waals surface area (Å²) < 4.78 is 5.43. The highest BCUT2D eigenvalue weighted by molar-refractivity contribution is 5.74. The number of aliphatic carboxylic acids is 1. The summed E-state index contributed by atoms with van der Waals surface area (Å²) in [6.45, 7) is 3.63. The molecule has 1 amide bonds. The summed E-state index contributed by atoms with van der Waals surface area (Å²) in [4.78, 5) is 27.9. The average Bonchev–Trinajstić information content (AvgIpc) is 2.71. The van der Waals surface area contributed by atoms with Gasteiger partial charge in [-0.25, -0.2) is 4.79 Å². The molecule has 2 aromatic rings. The van der Waals surface area contributed by atoms with Gasteiger partial charge in [0.2, 0.25) is 0 Å². The second-order valence-corrected chi connectivity index (χ2v) is 7.12. The Kier molecular flexibility index (Phi) is 6.66. The number of piperazine rings is 1. The maximum Gasteiger partial charge on any atom is 0.410 e. The van der Waals surface area contributed by atoms with Crippen LogP contribution in [0.5, 0.6) is 0 Å². The van der Waals surface area contributed by atoms with Crippen molar-refractivity contribution in [3.63, 3.8) is 0 Å². The fourth-order valence-electron chi connectivity index (χ4n) is 3.55. The average molecular weight is 382 g/mol. The maximum atomic E-state index is 12.5. The van der Waals surface area contributed by atoms with Gasteiger partial charge in [0, 0.05) is 25.7 Å². The Labute approximate surface area is 165 Å². The smallest absolute Gasteiger partial charge is 0.410 e. The molecule has 148 valence electrons. The van der Waals surface area contributed by atoms with Crippen LogP contribution in [0.15, 0.2) is 60.7 Å². The van der Waals surface area contributed by atoms with Gasteiger partial charge in [0.1, 0.15) is 12.6 Å². The molecule has 6 heteroatoms. The lowest BCUT2D eigenvalue weighted by molar-refractivity contribution is -0.144. The predicted octanol–water partition coefficient (Wildman–Crippen LogP) is 3.03. The quantitative estimate of drug-likeness (QED) is 0.832. The summed E-state index contributed by atoms with van der Waals surface area (Å²) in [7, 11) is 0. The summed E-state index contributed by atoms with van der Waals surface area (Å²) >= 11 is 0. The molecule has 0 radical (unpaired) electrons. The standard InChI is InChI=1S/C22H26N2O4/c1-17-15-23(20(21(25)26)14-18-8-4-2-5-9-18)12-13-24(17)22(27)28-16-19-10-6-3-7-11-19/h2-11,17,20H,12-16H2,1H3,(H,25,26)/t17-,20-/m0/s1. The van der Waals surface area contributed by atoms with E-state index in [-0.39, 0.29) is 18.7 Å². The highest BCUT2D eigenvalue weighted by atomic mass is 16.6. The van der Waals surface area contributed by atoms with Gasteiger partial charge in [-0.15, -0.1) is 0 Å². The van der Waals surface area contributed by atoms with Gasteiger partial charge < -0.3 is 14.7 Å². The number of carboxylic acids is 1. The van der Waals surface area contributed by atoms with Crippen LogP contribution < -0.4 is 0 Å². The van der Waals surface area contributed by atoms with Crippen LogP contribution in [0.3, 0.4) is 0 Å². The van der Waals surface area contributed by atoms with Crippen molar-refractivity contribution in [2.24, 2.45) is 0 Å². The van der Waals surface area contributed by atoms with Gasteiger partial charge in [0.15, 0.2) is 0 Å². The van der Waals surface area contributed by atoms with Gasteiger partial charge in [0.25, 0.3) is 0 Å². The number of hydrogen-bond donors (Lipinski definition) is 1. The van der Waals surface area contributed by atoms with Gasteiger partial charge >= 0.3 is 12.1 Å². The number of nitrogens with zero attached hydrogens (tertiary/aromatic N) is 2. The summed E-state index contributed by atoms with van der Waals surface area (Å²) in [6.07, 6.45) is 0.0902. The molecule has 3 rings (SSSR count). The second-order valence-electron chi connectivity index (χ2n) is 7.12. The van der Waals surface area contributed by atoms with Crippen LogP contribution in [0.4, 0.5) is 4.79 Å². The first-order chi connectivity index (χ1) is 13.5. The molecule has 1 heterocycles. The van der Waals surface area contributed by atoms with Crippen LogP contribution in [0.25, 0.3) is 0 Å². The topological polar surface area (TPSA) is 70.1 Å². The van der Waals surface area contributed by atoms with Crippen molar-refractivity contribution < 1.29 is 19.4 Å². The number of hydrogen-bond acceptors (Lipinski definition) is 4. The number of ether oxygens (including phenoxy) is 1. The zero-order chi connectivity index (χ0) is 19.9. The lowest BCUT2D eigenvalue weighted by Gasteiger charge is -2.41. The molecule has 6 nitrogen and oxygen atoms in total. The molecule has 2 atom stereocenters. The third kappa shape index (κ3) is 5.10. The van der Waals surface area contributed by atoms with E-state index in [1.165, 1.54) is 0 Å².